The Hall–Kier alpha value is -3.82. The number of carbonyl (C=O) groups is 1. The number of phenols is 1. The third-order valence-corrected chi connectivity index (χ3v) is 5.79. The van der Waals surface area contributed by atoms with E-state index in [1.807, 2.05) is 0 Å². The van der Waals surface area contributed by atoms with Crippen molar-refractivity contribution < 1.29 is 23.1 Å². The number of alkyl halides is 3. The molecule has 0 saturated heterocycles. The van der Waals surface area contributed by atoms with E-state index in [-0.39, 0.29) is 34.8 Å². The number of nitrogen functional groups attached to an aromatic ring is 1. The number of carbonyl (C=O) groups excluding carboxylic acids is 1. The van der Waals surface area contributed by atoms with Crippen molar-refractivity contribution in [1.29, 1.82) is 5.41 Å². The van der Waals surface area contributed by atoms with Crippen molar-refractivity contribution in [3.05, 3.63) is 69.9 Å². The van der Waals surface area contributed by atoms with Gasteiger partial charge in [0.05, 0.1) is 11.3 Å². The fourth-order valence-corrected chi connectivity index (χ4v) is 4.13. The summed E-state index contributed by atoms with van der Waals surface area (Å²) in [4.78, 5) is 12.6. The maximum absolute atomic E-state index is 13.9. The van der Waals surface area contributed by atoms with Crippen molar-refractivity contribution in [3.8, 4) is 17.0 Å². The maximum atomic E-state index is 13.9. The summed E-state index contributed by atoms with van der Waals surface area (Å²) >= 11 is 0. The second kappa shape index (κ2) is 8.27. The molecule has 0 aliphatic heterocycles. The summed E-state index contributed by atoms with van der Waals surface area (Å²) in [6.07, 6.45) is -2.37. The molecule has 0 unspecified atom stereocenters. The molecule has 0 fully saturated rings. The van der Waals surface area contributed by atoms with Gasteiger partial charge in [-0.05, 0) is 49.6 Å². The minimum absolute atomic E-state index is 0.0513. The molecule has 0 radical (unpaired) electrons. The molecule has 3 aromatic rings. The third-order valence-electron chi connectivity index (χ3n) is 5.79. The number of benzene rings is 2. The van der Waals surface area contributed by atoms with Crippen LogP contribution in [0.5, 0.6) is 5.75 Å². The Morgan fingerprint density at radius 2 is 1.94 bits per heavy atom. The number of hydrogen-bond donors (Lipinski definition) is 4. The molecular formula is C23H22F3N5O2. The Balaban J connectivity index is 1.63. The van der Waals surface area contributed by atoms with Crippen molar-refractivity contribution in [2.45, 2.75) is 32.0 Å². The average molecular weight is 457 g/mol. The molecule has 33 heavy (non-hydrogen) atoms. The van der Waals surface area contributed by atoms with Crippen molar-refractivity contribution in [2.24, 2.45) is 12.8 Å². The lowest BCUT2D eigenvalue weighted by Crippen LogP contribution is -2.24. The van der Waals surface area contributed by atoms with Crippen LogP contribution in [0.2, 0.25) is 0 Å². The van der Waals surface area contributed by atoms with Crippen molar-refractivity contribution >= 4 is 11.7 Å². The predicted octanol–water partition coefficient (Wildman–Crippen LogP) is 3.51. The first-order valence-electron chi connectivity index (χ1n) is 10.3. The van der Waals surface area contributed by atoms with Crippen LogP contribution in [-0.4, -0.2) is 26.6 Å². The van der Waals surface area contributed by atoms with Crippen LogP contribution in [0, 0.1) is 5.41 Å². The van der Waals surface area contributed by atoms with Gasteiger partial charge < -0.3 is 16.2 Å². The maximum Gasteiger partial charge on any atom is 0.417 e. The summed E-state index contributed by atoms with van der Waals surface area (Å²) in [7, 11) is 1.72. The number of aromatic hydroxyl groups is 1. The first kappa shape index (κ1) is 22.4. The van der Waals surface area contributed by atoms with Gasteiger partial charge in [-0.1, -0.05) is 6.07 Å². The molecule has 172 valence electrons. The molecule has 5 N–H and O–H groups in total. The third kappa shape index (κ3) is 4.28. The van der Waals surface area contributed by atoms with Crippen LogP contribution < -0.4 is 11.1 Å². The average Bonchev–Trinajstić information content (AvgIpc) is 3.36. The Morgan fingerprint density at radius 3 is 2.64 bits per heavy atom. The molecule has 1 aliphatic rings. The molecular weight excluding hydrogens is 435 g/mol. The number of aromatic nitrogens is 2. The van der Waals surface area contributed by atoms with E-state index in [1.165, 1.54) is 30.3 Å². The summed E-state index contributed by atoms with van der Waals surface area (Å²) in [6, 6.07) is 7.66. The lowest BCUT2D eigenvalue weighted by Gasteiger charge is -2.15. The van der Waals surface area contributed by atoms with Crippen LogP contribution in [0.15, 0.2) is 36.4 Å². The highest BCUT2D eigenvalue weighted by atomic mass is 19.4. The molecule has 0 bridgehead atoms. The number of phenolic OH excluding ortho intramolecular Hbond substituents is 1. The fourth-order valence-electron chi connectivity index (χ4n) is 4.13. The van der Waals surface area contributed by atoms with E-state index in [4.69, 9.17) is 11.1 Å². The Labute approximate surface area is 187 Å². The summed E-state index contributed by atoms with van der Waals surface area (Å²) in [6.45, 7) is -0.150. The number of amides is 1. The number of aryl methyl sites for hydroxylation is 1. The fraction of sp³-hybridized carbons (Fsp3) is 0.261. The molecule has 1 amide bonds. The van der Waals surface area contributed by atoms with E-state index in [1.54, 1.807) is 11.7 Å². The lowest BCUT2D eigenvalue weighted by molar-refractivity contribution is -0.137. The molecule has 2 aromatic carbocycles. The Bertz CT molecular complexity index is 1260. The highest BCUT2D eigenvalue weighted by Gasteiger charge is 2.36. The van der Waals surface area contributed by atoms with Gasteiger partial charge in [0, 0.05) is 47.1 Å². The number of nitrogens with two attached hydrogens (primary N) is 1. The van der Waals surface area contributed by atoms with E-state index in [2.05, 4.69) is 10.4 Å². The second-order valence-electron chi connectivity index (χ2n) is 7.95. The zero-order valence-electron chi connectivity index (χ0n) is 17.8. The van der Waals surface area contributed by atoms with Crippen LogP contribution >= 0.6 is 0 Å². The molecule has 1 heterocycles. The number of amidine groups is 1. The van der Waals surface area contributed by atoms with E-state index in [0.717, 1.165) is 30.2 Å². The number of hydrogen-bond acceptors (Lipinski definition) is 4. The van der Waals surface area contributed by atoms with Gasteiger partial charge >= 0.3 is 6.18 Å². The van der Waals surface area contributed by atoms with E-state index in [0.29, 0.717) is 17.7 Å². The first-order chi connectivity index (χ1) is 15.6. The summed E-state index contributed by atoms with van der Waals surface area (Å²) in [5.74, 6) is -1.07. The highest BCUT2D eigenvalue weighted by Crippen LogP contribution is 2.40. The number of nitrogens with zero attached hydrogens (tertiary/aromatic N) is 2. The van der Waals surface area contributed by atoms with Gasteiger partial charge in [0.15, 0.2) is 0 Å². The second-order valence-corrected chi connectivity index (χ2v) is 7.95. The quantitative estimate of drug-likeness (QED) is 0.346. The zero-order valence-corrected chi connectivity index (χ0v) is 17.8. The van der Waals surface area contributed by atoms with Crippen molar-refractivity contribution in [2.75, 3.05) is 0 Å². The van der Waals surface area contributed by atoms with Crippen LogP contribution in [-0.2, 0) is 32.6 Å². The monoisotopic (exact) mass is 457 g/mol. The molecule has 4 rings (SSSR count). The van der Waals surface area contributed by atoms with Crippen molar-refractivity contribution in [3.63, 3.8) is 0 Å². The predicted molar refractivity (Wildman–Crippen MR) is 116 cm³/mol. The zero-order chi connectivity index (χ0) is 23.9. The molecule has 1 aromatic heterocycles. The van der Waals surface area contributed by atoms with Gasteiger partial charge in [0.25, 0.3) is 5.91 Å². The summed E-state index contributed by atoms with van der Waals surface area (Å²) < 4.78 is 43.4. The topological polar surface area (TPSA) is 117 Å². The number of nitrogens with one attached hydrogen (secondary N) is 2. The molecule has 7 nitrogen and oxygen atoms in total. The number of rotatable bonds is 5. The highest BCUT2D eigenvalue weighted by molar-refractivity contribution is 5.96. The largest absolute Gasteiger partial charge is 0.508 e. The normalized spacial score (nSPS) is 13.1. The molecule has 0 spiro atoms. The minimum atomic E-state index is -4.68. The van der Waals surface area contributed by atoms with Gasteiger partial charge in [-0.2, -0.15) is 18.3 Å². The smallest absolute Gasteiger partial charge is 0.417 e. The Morgan fingerprint density at radius 1 is 1.21 bits per heavy atom. The molecule has 10 heteroatoms. The number of fused-ring (bicyclic) bond motifs is 1. The van der Waals surface area contributed by atoms with Crippen molar-refractivity contribution in [1.82, 2.24) is 15.1 Å². The van der Waals surface area contributed by atoms with E-state index < -0.39 is 17.6 Å². The van der Waals surface area contributed by atoms with Gasteiger partial charge in [-0.25, -0.2) is 0 Å². The molecule has 0 atom stereocenters. The molecule has 0 saturated carbocycles. The standard InChI is InChI=1S/C23H22F3N5O2/c1-31-18-4-2-3-16(18)20(30-31)15-7-5-13(10-17(15)23(24,25)26)22(33)29-11-14-9-12(21(27)28)6-8-19(14)32/h5-10,32H,2-4,11H2,1H3,(H3,27,28)(H,29,33). The minimum Gasteiger partial charge on any atom is -0.508 e. The van der Waals surface area contributed by atoms with Gasteiger partial charge in [-0.3, -0.25) is 14.9 Å². The van der Waals surface area contributed by atoms with Gasteiger partial charge in [0.2, 0.25) is 0 Å². The van der Waals surface area contributed by atoms with Crippen LogP contribution in [0.1, 0.15) is 44.7 Å². The van der Waals surface area contributed by atoms with E-state index >= 15 is 0 Å². The van der Waals surface area contributed by atoms with Gasteiger partial charge in [-0.15, -0.1) is 0 Å². The lowest BCUT2D eigenvalue weighted by atomic mass is 9.97. The van der Waals surface area contributed by atoms with Crippen LogP contribution in [0.3, 0.4) is 0 Å². The Kier molecular flexibility index (Phi) is 5.61. The SMILES string of the molecule is Cn1nc(-c2ccc(C(=O)NCc3cc(C(=N)N)ccc3O)cc2C(F)(F)F)c2c1CCC2. The van der Waals surface area contributed by atoms with Crippen LogP contribution in [0.4, 0.5) is 13.2 Å². The van der Waals surface area contributed by atoms with Gasteiger partial charge in [0.1, 0.15) is 11.6 Å². The summed E-state index contributed by atoms with van der Waals surface area (Å²) in [5.41, 5.74) is 6.99. The molecule has 1 aliphatic carbocycles. The first-order valence-corrected chi connectivity index (χ1v) is 10.3. The summed E-state index contributed by atoms with van der Waals surface area (Å²) in [5, 5.41) is 24.3. The number of halogens is 3. The van der Waals surface area contributed by atoms with Crippen LogP contribution in [0.25, 0.3) is 11.3 Å². The van der Waals surface area contributed by atoms with E-state index in [9.17, 15) is 23.1 Å².